The van der Waals surface area contributed by atoms with Crippen LogP contribution >= 0.6 is 0 Å². The first kappa shape index (κ1) is 15.0. The van der Waals surface area contributed by atoms with E-state index < -0.39 is 17.6 Å². The molecule has 2 N–H and O–H groups in total. The number of para-hydroxylation sites is 1. The van der Waals surface area contributed by atoms with Crippen molar-refractivity contribution in [3.63, 3.8) is 0 Å². The quantitative estimate of drug-likeness (QED) is 0.776. The van der Waals surface area contributed by atoms with E-state index in [1.807, 2.05) is 0 Å². The SMILES string of the molecule is NC(=O)c1ccc2cccc(-c3ccc(C(F)(F)F)cc3)c2n1. The monoisotopic (exact) mass is 316 g/mol. The Morgan fingerprint density at radius 3 is 2.26 bits per heavy atom. The second-order valence-corrected chi connectivity index (χ2v) is 5.01. The van der Waals surface area contributed by atoms with Gasteiger partial charge in [-0.3, -0.25) is 4.79 Å². The predicted molar refractivity (Wildman–Crippen MR) is 80.7 cm³/mol. The minimum atomic E-state index is -4.38. The minimum absolute atomic E-state index is 0.108. The molecule has 0 bridgehead atoms. The minimum Gasteiger partial charge on any atom is -0.364 e. The van der Waals surface area contributed by atoms with E-state index in [9.17, 15) is 18.0 Å². The van der Waals surface area contributed by atoms with E-state index in [1.54, 1.807) is 24.3 Å². The molecule has 0 fully saturated rings. The highest BCUT2D eigenvalue weighted by atomic mass is 19.4. The number of amides is 1. The maximum absolute atomic E-state index is 12.7. The lowest BCUT2D eigenvalue weighted by Crippen LogP contribution is -2.12. The molecule has 1 heterocycles. The van der Waals surface area contributed by atoms with Crippen molar-refractivity contribution in [1.29, 1.82) is 0 Å². The largest absolute Gasteiger partial charge is 0.416 e. The third-order valence-electron chi connectivity index (χ3n) is 3.50. The van der Waals surface area contributed by atoms with Gasteiger partial charge in [0.25, 0.3) is 5.91 Å². The van der Waals surface area contributed by atoms with Gasteiger partial charge in [0.15, 0.2) is 0 Å². The van der Waals surface area contributed by atoms with Gasteiger partial charge < -0.3 is 5.73 Å². The highest BCUT2D eigenvalue weighted by Gasteiger charge is 2.30. The molecule has 3 nitrogen and oxygen atoms in total. The summed E-state index contributed by atoms with van der Waals surface area (Å²) in [7, 11) is 0. The maximum atomic E-state index is 12.7. The highest BCUT2D eigenvalue weighted by molar-refractivity contribution is 5.98. The van der Waals surface area contributed by atoms with Crippen molar-refractivity contribution in [1.82, 2.24) is 4.98 Å². The average Bonchev–Trinajstić information content (AvgIpc) is 2.53. The number of aromatic nitrogens is 1. The first-order valence-electron chi connectivity index (χ1n) is 6.73. The summed E-state index contributed by atoms with van der Waals surface area (Å²) in [6, 6.07) is 13.4. The number of carbonyl (C=O) groups excluding carboxylic acids is 1. The third kappa shape index (κ3) is 2.88. The normalized spacial score (nSPS) is 11.6. The fourth-order valence-corrected chi connectivity index (χ4v) is 2.36. The molecule has 23 heavy (non-hydrogen) atoms. The molecule has 0 spiro atoms. The van der Waals surface area contributed by atoms with E-state index in [4.69, 9.17) is 5.73 Å². The molecule has 1 amide bonds. The van der Waals surface area contributed by atoms with Gasteiger partial charge in [-0.2, -0.15) is 13.2 Å². The molecule has 0 unspecified atom stereocenters. The number of primary amides is 1. The highest BCUT2D eigenvalue weighted by Crippen LogP contribution is 2.32. The number of halogens is 3. The molecule has 0 saturated heterocycles. The zero-order valence-electron chi connectivity index (χ0n) is 11.8. The predicted octanol–water partition coefficient (Wildman–Crippen LogP) is 4.02. The average molecular weight is 316 g/mol. The van der Waals surface area contributed by atoms with Crippen LogP contribution in [-0.4, -0.2) is 10.9 Å². The molecule has 116 valence electrons. The lowest BCUT2D eigenvalue weighted by molar-refractivity contribution is -0.137. The van der Waals surface area contributed by atoms with E-state index in [0.717, 1.165) is 17.5 Å². The summed E-state index contributed by atoms with van der Waals surface area (Å²) in [5, 5.41) is 0.771. The number of hydrogen-bond acceptors (Lipinski definition) is 2. The van der Waals surface area contributed by atoms with Crippen LogP contribution < -0.4 is 5.73 Å². The molecule has 0 radical (unpaired) electrons. The van der Waals surface area contributed by atoms with Gasteiger partial charge in [-0.15, -0.1) is 0 Å². The maximum Gasteiger partial charge on any atom is 0.416 e. The van der Waals surface area contributed by atoms with Gasteiger partial charge >= 0.3 is 6.18 Å². The molecule has 1 aromatic heterocycles. The molecule has 0 aliphatic carbocycles. The topological polar surface area (TPSA) is 56.0 Å². The number of alkyl halides is 3. The summed E-state index contributed by atoms with van der Waals surface area (Å²) in [6.45, 7) is 0. The third-order valence-corrected chi connectivity index (χ3v) is 3.50. The smallest absolute Gasteiger partial charge is 0.364 e. The Balaban J connectivity index is 2.15. The number of nitrogens with zero attached hydrogens (tertiary/aromatic N) is 1. The van der Waals surface area contributed by atoms with Crippen molar-refractivity contribution in [2.75, 3.05) is 0 Å². The van der Waals surface area contributed by atoms with Crippen LogP contribution in [0.25, 0.3) is 22.0 Å². The Morgan fingerprint density at radius 2 is 1.65 bits per heavy atom. The summed E-state index contributed by atoms with van der Waals surface area (Å²) in [5.74, 6) is -0.658. The Morgan fingerprint density at radius 1 is 0.957 bits per heavy atom. The van der Waals surface area contributed by atoms with Crippen molar-refractivity contribution in [2.45, 2.75) is 6.18 Å². The van der Waals surface area contributed by atoms with E-state index in [-0.39, 0.29) is 5.69 Å². The van der Waals surface area contributed by atoms with E-state index in [0.29, 0.717) is 16.6 Å². The van der Waals surface area contributed by atoms with Crippen LogP contribution in [0.2, 0.25) is 0 Å². The number of fused-ring (bicyclic) bond motifs is 1. The molecule has 0 aliphatic heterocycles. The van der Waals surface area contributed by atoms with Crippen LogP contribution in [-0.2, 0) is 6.18 Å². The molecular formula is C17H11F3N2O. The van der Waals surface area contributed by atoms with Crippen LogP contribution in [0, 0.1) is 0 Å². The molecule has 6 heteroatoms. The molecule has 2 aromatic carbocycles. The number of carbonyl (C=O) groups is 1. The van der Waals surface area contributed by atoms with Crippen molar-refractivity contribution >= 4 is 16.8 Å². The van der Waals surface area contributed by atoms with Crippen molar-refractivity contribution < 1.29 is 18.0 Å². The fourth-order valence-electron chi connectivity index (χ4n) is 2.36. The van der Waals surface area contributed by atoms with Gasteiger partial charge in [0.2, 0.25) is 0 Å². The van der Waals surface area contributed by atoms with E-state index in [1.165, 1.54) is 18.2 Å². The standard InChI is InChI=1S/C17H11F3N2O/c18-17(19,20)12-7-4-10(5-8-12)13-3-1-2-11-6-9-14(16(21)23)22-15(11)13/h1-9H,(H2,21,23). The van der Waals surface area contributed by atoms with Crippen LogP contribution in [0.5, 0.6) is 0 Å². The van der Waals surface area contributed by atoms with Crippen LogP contribution in [0.3, 0.4) is 0 Å². The Labute approximate surface area is 129 Å². The lowest BCUT2D eigenvalue weighted by atomic mass is 10.0. The second-order valence-electron chi connectivity index (χ2n) is 5.01. The molecule has 3 aromatic rings. The number of nitrogens with two attached hydrogens (primary N) is 1. The molecule has 0 saturated carbocycles. The summed E-state index contributed by atoms with van der Waals surface area (Å²) < 4.78 is 38.0. The Kier molecular flexibility index (Phi) is 3.52. The van der Waals surface area contributed by atoms with Gasteiger partial charge in [0, 0.05) is 10.9 Å². The summed E-state index contributed by atoms with van der Waals surface area (Å²) >= 11 is 0. The van der Waals surface area contributed by atoms with Crippen LogP contribution in [0.15, 0.2) is 54.6 Å². The number of rotatable bonds is 2. The molecular weight excluding hydrogens is 305 g/mol. The van der Waals surface area contributed by atoms with Gasteiger partial charge in [-0.05, 0) is 23.8 Å². The number of benzene rings is 2. The zero-order chi connectivity index (χ0) is 16.6. The van der Waals surface area contributed by atoms with Gasteiger partial charge in [-0.1, -0.05) is 36.4 Å². The Hall–Kier alpha value is -2.89. The van der Waals surface area contributed by atoms with Crippen molar-refractivity contribution in [3.8, 4) is 11.1 Å². The number of pyridine rings is 1. The Bertz CT molecular complexity index is 886. The summed E-state index contributed by atoms with van der Waals surface area (Å²) in [6.07, 6.45) is -4.38. The van der Waals surface area contributed by atoms with Crippen molar-refractivity contribution in [2.24, 2.45) is 5.73 Å². The van der Waals surface area contributed by atoms with E-state index in [2.05, 4.69) is 4.98 Å². The van der Waals surface area contributed by atoms with Crippen LogP contribution in [0.4, 0.5) is 13.2 Å². The molecule has 0 atom stereocenters. The first-order valence-corrected chi connectivity index (χ1v) is 6.73. The molecule has 3 rings (SSSR count). The second kappa shape index (κ2) is 5.39. The van der Waals surface area contributed by atoms with Gasteiger partial charge in [-0.25, -0.2) is 4.98 Å². The van der Waals surface area contributed by atoms with Crippen molar-refractivity contribution in [3.05, 3.63) is 65.9 Å². The molecule has 0 aliphatic rings. The first-order chi connectivity index (χ1) is 10.9. The van der Waals surface area contributed by atoms with Gasteiger partial charge in [0.05, 0.1) is 11.1 Å². The van der Waals surface area contributed by atoms with Crippen LogP contribution in [0.1, 0.15) is 16.1 Å². The fraction of sp³-hybridized carbons (Fsp3) is 0.0588. The summed E-state index contributed by atoms with van der Waals surface area (Å²) in [4.78, 5) is 15.5. The lowest BCUT2D eigenvalue weighted by Gasteiger charge is -2.10. The van der Waals surface area contributed by atoms with E-state index >= 15 is 0 Å². The zero-order valence-corrected chi connectivity index (χ0v) is 11.8. The van der Waals surface area contributed by atoms with Gasteiger partial charge in [0.1, 0.15) is 5.69 Å². The summed E-state index contributed by atoms with van der Waals surface area (Å²) in [5.41, 5.74) is 6.36. The number of hydrogen-bond donors (Lipinski definition) is 1.